The van der Waals surface area contributed by atoms with E-state index in [9.17, 15) is 8.42 Å². The van der Waals surface area contributed by atoms with Crippen LogP contribution in [0.2, 0.25) is 0 Å². The molecule has 0 aliphatic carbocycles. The summed E-state index contributed by atoms with van der Waals surface area (Å²) >= 11 is 0. The van der Waals surface area contributed by atoms with Crippen LogP contribution in [0.1, 0.15) is 22.3 Å². The van der Waals surface area contributed by atoms with Gasteiger partial charge in [0.25, 0.3) is 0 Å². The van der Waals surface area contributed by atoms with Crippen LogP contribution >= 0.6 is 0 Å². The Hall–Kier alpha value is -2.12. The molecule has 0 unspecified atom stereocenters. The fourth-order valence-electron chi connectivity index (χ4n) is 2.02. The number of rotatable bonds is 3. The summed E-state index contributed by atoms with van der Waals surface area (Å²) in [6.45, 7) is 3.67. The van der Waals surface area contributed by atoms with Gasteiger partial charge in [-0.1, -0.05) is 24.3 Å². The van der Waals surface area contributed by atoms with Gasteiger partial charge in [0.1, 0.15) is 0 Å². The maximum Gasteiger partial charge on any atom is 0.182 e. The first kappa shape index (κ1) is 14.3. The topological polar surface area (TPSA) is 57.9 Å². The molecule has 3 nitrogen and oxygen atoms in total. The van der Waals surface area contributed by atoms with E-state index in [-0.39, 0.29) is 5.75 Å². The van der Waals surface area contributed by atoms with E-state index in [4.69, 9.17) is 5.26 Å². The molecule has 2 rings (SSSR count). The van der Waals surface area contributed by atoms with Crippen molar-refractivity contribution in [3.63, 3.8) is 0 Å². The van der Waals surface area contributed by atoms with Crippen LogP contribution in [0.25, 0.3) is 0 Å². The van der Waals surface area contributed by atoms with E-state index in [1.54, 1.807) is 37.3 Å². The summed E-state index contributed by atoms with van der Waals surface area (Å²) in [5.41, 5.74) is 2.89. The highest BCUT2D eigenvalue weighted by Crippen LogP contribution is 2.21. The Labute approximate surface area is 119 Å². The van der Waals surface area contributed by atoms with Crippen molar-refractivity contribution in [2.24, 2.45) is 0 Å². The predicted octanol–water partition coefficient (Wildman–Crippen LogP) is 3.15. The highest BCUT2D eigenvalue weighted by Gasteiger charge is 2.17. The molecule has 0 atom stereocenters. The molecular formula is C16H15NO2S. The maximum absolute atomic E-state index is 12.5. The van der Waals surface area contributed by atoms with Gasteiger partial charge in [0.05, 0.1) is 22.3 Å². The summed E-state index contributed by atoms with van der Waals surface area (Å²) in [6.07, 6.45) is 0. The first-order chi connectivity index (χ1) is 9.42. The molecule has 0 N–H and O–H groups in total. The monoisotopic (exact) mass is 285 g/mol. The SMILES string of the molecule is Cc1ccc(C)c(S(=O)(=O)Cc2ccc(C#N)cc2)c1. The lowest BCUT2D eigenvalue weighted by molar-refractivity contribution is 0.594. The Bertz CT molecular complexity index is 769. The van der Waals surface area contributed by atoms with Crippen LogP contribution in [-0.4, -0.2) is 8.42 Å². The molecule has 0 fully saturated rings. The number of nitrogens with zero attached hydrogens (tertiary/aromatic N) is 1. The molecule has 0 aromatic heterocycles. The zero-order chi connectivity index (χ0) is 14.8. The van der Waals surface area contributed by atoms with Crippen LogP contribution < -0.4 is 0 Å². The molecule has 2 aromatic carbocycles. The molecule has 2 aromatic rings. The molecule has 0 aliphatic heterocycles. The molecule has 0 amide bonds. The Morgan fingerprint density at radius 1 is 1.05 bits per heavy atom. The van der Waals surface area contributed by atoms with E-state index < -0.39 is 9.84 Å². The summed E-state index contributed by atoms with van der Waals surface area (Å²) in [5, 5.41) is 8.74. The summed E-state index contributed by atoms with van der Waals surface area (Å²) in [7, 11) is -3.37. The first-order valence-electron chi connectivity index (χ1n) is 6.21. The van der Waals surface area contributed by atoms with Crippen LogP contribution in [0, 0.1) is 25.2 Å². The van der Waals surface area contributed by atoms with Crippen molar-refractivity contribution in [2.45, 2.75) is 24.5 Å². The fraction of sp³-hybridized carbons (Fsp3) is 0.188. The molecule has 0 radical (unpaired) electrons. The summed E-state index contributed by atoms with van der Waals surface area (Å²) in [5.74, 6) is -0.0526. The number of sulfone groups is 1. The van der Waals surface area contributed by atoms with Crippen LogP contribution in [0.15, 0.2) is 47.4 Å². The van der Waals surface area contributed by atoms with Crippen LogP contribution in [-0.2, 0) is 15.6 Å². The van der Waals surface area contributed by atoms with E-state index in [2.05, 4.69) is 0 Å². The number of nitriles is 1. The lowest BCUT2D eigenvalue weighted by Crippen LogP contribution is -2.07. The quantitative estimate of drug-likeness (QED) is 0.870. The van der Waals surface area contributed by atoms with Crippen molar-refractivity contribution in [1.29, 1.82) is 5.26 Å². The molecular weight excluding hydrogens is 270 g/mol. The lowest BCUT2D eigenvalue weighted by atomic mass is 10.2. The molecule has 102 valence electrons. The number of hydrogen-bond acceptors (Lipinski definition) is 3. The predicted molar refractivity (Wildman–Crippen MR) is 78.0 cm³/mol. The van der Waals surface area contributed by atoms with Crippen LogP contribution in [0.5, 0.6) is 0 Å². The van der Waals surface area contributed by atoms with Gasteiger partial charge in [-0.2, -0.15) is 5.26 Å². The van der Waals surface area contributed by atoms with Gasteiger partial charge < -0.3 is 0 Å². The molecule has 0 aliphatic rings. The zero-order valence-corrected chi connectivity index (χ0v) is 12.2. The van der Waals surface area contributed by atoms with Crippen LogP contribution in [0.4, 0.5) is 0 Å². The third-order valence-electron chi connectivity index (χ3n) is 3.12. The highest BCUT2D eigenvalue weighted by atomic mass is 32.2. The normalized spacial score (nSPS) is 11.1. The van der Waals surface area contributed by atoms with Crippen molar-refractivity contribution in [3.8, 4) is 6.07 Å². The number of hydrogen-bond donors (Lipinski definition) is 0. The van der Waals surface area contributed by atoms with E-state index in [0.29, 0.717) is 16.0 Å². The van der Waals surface area contributed by atoms with Gasteiger partial charge >= 0.3 is 0 Å². The second-order valence-corrected chi connectivity index (χ2v) is 6.79. The molecule has 0 saturated carbocycles. The maximum atomic E-state index is 12.5. The van der Waals surface area contributed by atoms with E-state index in [1.807, 2.05) is 25.1 Å². The van der Waals surface area contributed by atoms with Gasteiger partial charge in [0.2, 0.25) is 0 Å². The van der Waals surface area contributed by atoms with E-state index >= 15 is 0 Å². The van der Waals surface area contributed by atoms with Gasteiger partial charge in [0.15, 0.2) is 9.84 Å². The third-order valence-corrected chi connectivity index (χ3v) is 4.94. The summed E-state index contributed by atoms with van der Waals surface area (Å²) in [4.78, 5) is 0.377. The lowest BCUT2D eigenvalue weighted by Gasteiger charge is -2.09. The minimum atomic E-state index is -3.37. The Morgan fingerprint density at radius 2 is 1.70 bits per heavy atom. The number of aryl methyl sites for hydroxylation is 2. The van der Waals surface area contributed by atoms with Gasteiger partial charge in [-0.15, -0.1) is 0 Å². The second-order valence-electron chi connectivity index (χ2n) is 4.84. The largest absolute Gasteiger partial charge is 0.223 e. The minimum absolute atomic E-state index is 0.0526. The Morgan fingerprint density at radius 3 is 2.30 bits per heavy atom. The minimum Gasteiger partial charge on any atom is -0.223 e. The highest BCUT2D eigenvalue weighted by molar-refractivity contribution is 7.90. The number of benzene rings is 2. The summed E-state index contributed by atoms with van der Waals surface area (Å²) < 4.78 is 24.9. The zero-order valence-electron chi connectivity index (χ0n) is 11.4. The van der Waals surface area contributed by atoms with E-state index in [0.717, 1.165) is 11.1 Å². The van der Waals surface area contributed by atoms with Gasteiger partial charge in [-0.3, -0.25) is 0 Å². The van der Waals surface area contributed by atoms with Crippen molar-refractivity contribution in [3.05, 3.63) is 64.7 Å². The molecule has 0 heterocycles. The van der Waals surface area contributed by atoms with Gasteiger partial charge in [0, 0.05) is 0 Å². The van der Waals surface area contributed by atoms with Crippen molar-refractivity contribution >= 4 is 9.84 Å². The van der Waals surface area contributed by atoms with Gasteiger partial charge in [-0.25, -0.2) is 8.42 Å². The molecule has 0 saturated heterocycles. The first-order valence-corrected chi connectivity index (χ1v) is 7.86. The molecule has 0 bridgehead atoms. The van der Waals surface area contributed by atoms with Crippen LogP contribution in [0.3, 0.4) is 0 Å². The smallest absolute Gasteiger partial charge is 0.182 e. The van der Waals surface area contributed by atoms with Crippen molar-refractivity contribution in [1.82, 2.24) is 0 Å². The average molecular weight is 285 g/mol. The summed E-state index contributed by atoms with van der Waals surface area (Å²) in [6, 6.07) is 14.1. The van der Waals surface area contributed by atoms with E-state index in [1.165, 1.54) is 0 Å². The Kier molecular flexibility index (Phi) is 3.91. The fourth-order valence-corrected chi connectivity index (χ4v) is 3.73. The molecule has 20 heavy (non-hydrogen) atoms. The van der Waals surface area contributed by atoms with Gasteiger partial charge in [-0.05, 0) is 48.7 Å². The molecule has 4 heteroatoms. The standard InChI is InChI=1S/C16H15NO2S/c1-12-3-4-13(2)16(9-12)20(18,19)11-15-7-5-14(10-17)6-8-15/h3-9H,11H2,1-2H3. The van der Waals surface area contributed by atoms with Crippen molar-refractivity contribution < 1.29 is 8.42 Å². The molecule has 0 spiro atoms. The Balaban J connectivity index is 2.35. The van der Waals surface area contributed by atoms with Crippen molar-refractivity contribution in [2.75, 3.05) is 0 Å². The average Bonchev–Trinajstić information content (AvgIpc) is 2.42. The third kappa shape index (κ3) is 3.06. The second kappa shape index (κ2) is 5.48.